The van der Waals surface area contributed by atoms with Crippen LogP contribution in [0.4, 0.5) is 0 Å². The molecule has 2 aliphatic rings. The number of likely N-dealkylation sites (N-methyl/N-ethyl adjacent to an activating group) is 1. The second kappa shape index (κ2) is 7.08. The monoisotopic (exact) mass is 267 g/mol. The van der Waals surface area contributed by atoms with Crippen molar-refractivity contribution in [1.82, 2.24) is 5.32 Å². The van der Waals surface area contributed by atoms with Crippen LogP contribution in [0.3, 0.4) is 0 Å². The summed E-state index contributed by atoms with van der Waals surface area (Å²) in [5.41, 5.74) is 0.101. The van der Waals surface area contributed by atoms with Gasteiger partial charge < -0.3 is 10.1 Å². The predicted molar refractivity (Wildman–Crippen MR) is 81.4 cm³/mol. The fraction of sp³-hybridized carbons (Fsp3) is 1.00. The van der Waals surface area contributed by atoms with Crippen LogP contribution in [-0.2, 0) is 4.74 Å². The summed E-state index contributed by atoms with van der Waals surface area (Å²) in [6.45, 7) is 2.39. The largest absolute Gasteiger partial charge is 0.377 e. The van der Waals surface area contributed by atoms with Crippen LogP contribution in [0.5, 0.6) is 0 Å². The van der Waals surface area contributed by atoms with Crippen LogP contribution in [0.25, 0.3) is 0 Å². The molecule has 0 bridgehead atoms. The Morgan fingerprint density at radius 1 is 1.16 bits per heavy atom. The smallest absolute Gasteiger partial charge is 0.0833 e. The summed E-state index contributed by atoms with van der Waals surface area (Å²) in [5, 5.41) is 3.61. The van der Waals surface area contributed by atoms with Gasteiger partial charge in [0.05, 0.1) is 5.60 Å². The molecule has 0 aromatic rings. The Morgan fingerprint density at radius 2 is 1.89 bits per heavy atom. The summed E-state index contributed by atoms with van der Waals surface area (Å²) in [7, 11) is 4.07. The highest BCUT2D eigenvalue weighted by Gasteiger charge is 2.42. The van der Waals surface area contributed by atoms with Gasteiger partial charge in [-0.15, -0.1) is 0 Å². The van der Waals surface area contributed by atoms with Gasteiger partial charge >= 0.3 is 0 Å². The third kappa shape index (κ3) is 3.72. The molecule has 2 aliphatic carbocycles. The molecule has 19 heavy (non-hydrogen) atoms. The Hall–Kier alpha value is -0.0800. The van der Waals surface area contributed by atoms with Gasteiger partial charge in [-0.25, -0.2) is 0 Å². The van der Waals surface area contributed by atoms with Crippen LogP contribution < -0.4 is 5.32 Å². The molecule has 0 aliphatic heterocycles. The van der Waals surface area contributed by atoms with Crippen molar-refractivity contribution in [2.24, 2.45) is 11.8 Å². The number of methoxy groups -OCH3 is 1. The Balaban J connectivity index is 2.00. The lowest BCUT2D eigenvalue weighted by atomic mass is 9.71. The molecule has 2 rings (SSSR count). The minimum absolute atomic E-state index is 0.101. The maximum Gasteiger partial charge on any atom is 0.0833 e. The zero-order valence-corrected chi connectivity index (χ0v) is 13.2. The van der Waals surface area contributed by atoms with Gasteiger partial charge in [-0.2, -0.15) is 0 Å². The summed E-state index contributed by atoms with van der Waals surface area (Å²) < 4.78 is 6.08. The molecule has 2 nitrogen and oxygen atoms in total. The molecule has 0 aromatic carbocycles. The molecular formula is C17H33NO. The molecule has 112 valence electrons. The van der Waals surface area contributed by atoms with Gasteiger partial charge in [0.2, 0.25) is 0 Å². The highest BCUT2D eigenvalue weighted by molar-refractivity contribution is 4.97. The van der Waals surface area contributed by atoms with E-state index < -0.39 is 0 Å². The van der Waals surface area contributed by atoms with E-state index in [1.807, 2.05) is 7.11 Å². The Morgan fingerprint density at radius 3 is 2.47 bits per heavy atom. The normalized spacial score (nSPS) is 35.2. The van der Waals surface area contributed by atoms with Crippen LogP contribution in [-0.4, -0.2) is 25.8 Å². The van der Waals surface area contributed by atoms with Gasteiger partial charge in [0.1, 0.15) is 0 Å². The quantitative estimate of drug-likeness (QED) is 0.808. The van der Waals surface area contributed by atoms with E-state index in [1.54, 1.807) is 0 Å². The molecule has 2 fully saturated rings. The topological polar surface area (TPSA) is 21.3 Å². The van der Waals surface area contributed by atoms with Gasteiger partial charge in [0.25, 0.3) is 0 Å². The highest BCUT2D eigenvalue weighted by atomic mass is 16.5. The van der Waals surface area contributed by atoms with E-state index in [-0.39, 0.29) is 5.60 Å². The molecule has 0 radical (unpaired) electrons. The average Bonchev–Trinajstić information content (AvgIpc) is 2.45. The van der Waals surface area contributed by atoms with Crippen LogP contribution in [0.15, 0.2) is 0 Å². The van der Waals surface area contributed by atoms with E-state index in [4.69, 9.17) is 4.74 Å². The highest BCUT2D eigenvalue weighted by Crippen LogP contribution is 2.40. The Kier molecular flexibility index (Phi) is 5.70. The third-order valence-electron chi connectivity index (χ3n) is 5.67. The van der Waals surface area contributed by atoms with Crippen molar-refractivity contribution < 1.29 is 4.74 Å². The number of ether oxygens (including phenoxy) is 1. The first-order valence-electron chi connectivity index (χ1n) is 8.42. The van der Waals surface area contributed by atoms with Crippen molar-refractivity contribution in [2.45, 2.75) is 82.8 Å². The zero-order valence-electron chi connectivity index (χ0n) is 13.2. The van der Waals surface area contributed by atoms with Crippen molar-refractivity contribution in [3.8, 4) is 0 Å². The molecule has 2 saturated carbocycles. The number of hydrogen-bond donors (Lipinski definition) is 1. The van der Waals surface area contributed by atoms with Crippen LogP contribution in [0, 0.1) is 11.8 Å². The first kappa shape index (κ1) is 15.3. The molecule has 3 atom stereocenters. The maximum absolute atomic E-state index is 6.08. The SMILES string of the molecule is CNC(CC1CCCCC1)C1(OC)CCCC(C)C1. The number of hydrogen-bond acceptors (Lipinski definition) is 2. The zero-order chi connectivity index (χ0) is 13.7. The molecule has 1 N–H and O–H groups in total. The van der Waals surface area contributed by atoms with Crippen molar-refractivity contribution in [3.05, 3.63) is 0 Å². The predicted octanol–water partition coefficient (Wildman–Crippen LogP) is 4.14. The van der Waals surface area contributed by atoms with E-state index in [2.05, 4.69) is 19.3 Å². The maximum atomic E-state index is 6.08. The van der Waals surface area contributed by atoms with Crippen molar-refractivity contribution in [2.75, 3.05) is 14.2 Å². The van der Waals surface area contributed by atoms with Gasteiger partial charge in [-0.3, -0.25) is 0 Å². The number of nitrogens with one attached hydrogen (secondary N) is 1. The lowest BCUT2D eigenvalue weighted by Gasteiger charge is -2.46. The van der Waals surface area contributed by atoms with Gasteiger partial charge in [-0.05, 0) is 38.1 Å². The van der Waals surface area contributed by atoms with Crippen LogP contribution in [0.2, 0.25) is 0 Å². The van der Waals surface area contributed by atoms with Gasteiger partial charge in [-0.1, -0.05) is 51.9 Å². The molecule has 0 spiro atoms. The van der Waals surface area contributed by atoms with E-state index in [0.29, 0.717) is 6.04 Å². The van der Waals surface area contributed by atoms with E-state index in [9.17, 15) is 0 Å². The lowest BCUT2D eigenvalue weighted by molar-refractivity contribution is -0.0831. The molecule has 0 heterocycles. The fourth-order valence-corrected chi connectivity index (χ4v) is 4.54. The fourth-order valence-electron chi connectivity index (χ4n) is 4.54. The standard InChI is InChI=1S/C17H33NO/c1-14-8-7-11-17(13-14,19-3)16(18-2)12-15-9-5-4-6-10-15/h14-16,18H,4-13H2,1-3H3. The van der Waals surface area contributed by atoms with Crippen molar-refractivity contribution in [3.63, 3.8) is 0 Å². The first-order valence-corrected chi connectivity index (χ1v) is 8.42. The third-order valence-corrected chi connectivity index (χ3v) is 5.67. The molecule has 0 aromatic heterocycles. The molecular weight excluding hydrogens is 234 g/mol. The molecule has 3 unspecified atom stereocenters. The number of rotatable bonds is 5. The van der Waals surface area contributed by atoms with Crippen LogP contribution >= 0.6 is 0 Å². The molecule has 0 saturated heterocycles. The Bertz CT molecular complexity index is 262. The minimum Gasteiger partial charge on any atom is -0.377 e. The summed E-state index contributed by atoms with van der Waals surface area (Å²) in [4.78, 5) is 0. The first-order chi connectivity index (χ1) is 9.20. The summed E-state index contributed by atoms with van der Waals surface area (Å²) in [6, 6.07) is 0.545. The van der Waals surface area contributed by atoms with Gasteiger partial charge in [0, 0.05) is 13.2 Å². The summed E-state index contributed by atoms with van der Waals surface area (Å²) in [5.74, 6) is 1.74. The molecule has 2 heteroatoms. The average molecular weight is 267 g/mol. The Labute approximate surface area is 119 Å². The van der Waals surface area contributed by atoms with E-state index >= 15 is 0 Å². The second-order valence-corrected chi connectivity index (χ2v) is 7.05. The van der Waals surface area contributed by atoms with Gasteiger partial charge in [0.15, 0.2) is 0 Å². The van der Waals surface area contributed by atoms with Crippen LogP contribution in [0.1, 0.15) is 71.1 Å². The van der Waals surface area contributed by atoms with E-state index in [1.165, 1.54) is 64.2 Å². The van der Waals surface area contributed by atoms with Crippen molar-refractivity contribution in [1.29, 1.82) is 0 Å². The molecule has 0 amide bonds. The lowest BCUT2D eigenvalue weighted by Crippen LogP contribution is -2.54. The van der Waals surface area contributed by atoms with E-state index in [0.717, 1.165) is 11.8 Å². The summed E-state index contributed by atoms with van der Waals surface area (Å²) in [6.07, 6.45) is 13.7. The second-order valence-electron chi connectivity index (χ2n) is 7.05. The minimum atomic E-state index is 0.101. The van der Waals surface area contributed by atoms with Crippen molar-refractivity contribution >= 4 is 0 Å². The summed E-state index contributed by atoms with van der Waals surface area (Å²) >= 11 is 0.